The molecule has 3 rings (SSSR count). The summed E-state index contributed by atoms with van der Waals surface area (Å²) >= 11 is 7.18. The van der Waals surface area contributed by atoms with Crippen LogP contribution < -0.4 is 14.9 Å². The highest BCUT2D eigenvalue weighted by molar-refractivity contribution is 7.99. The lowest BCUT2D eigenvalue weighted by molar-refractivity contribution is -0.133. The summed E-state index contributed by atoms with van der Waals surface area (Å²) in [6.07, 6.45) is 2.41. The first-order valence-corrected chi connectivity index (χ1v) is 12.9. The zero-order valence-electron chi connectivity index (χ0n) is 20.5. The lowest BCUT2D eigenvalue weighted by atomic mass is 10.2. The molecule has 186 valence electrons. The molecule has 2 amide bonds. The number of piperazine rings is 1. The standard InChI is InChI=1S/C18H29N5O2S.C7H7Cl/c1-21(2)9-8-17(24)19-14-18(25)23-12-10-22(11-13-23)16-7-5-4-6-15(16)20-26-3;1-6-2-4-7(8)5-3-6/h4-7,20H,8-14H2,1-3H3,(H,19,24);2-5H,1H3. The van der Waals surface area contributed by atoms with Gasteiger partial charge in [0.2, 0.25) is 11.8 Å². The van der Waals surface area contributed by atoms with Crippen molar-refractivity contribution < 1.29 is 9.59 Å². The van der Waals surface area contributed by atoms with E-state index < -0.39 is 0 Å². The van der Waals surface area contributed by atoms with E-state index in [0.29, 0.717) is 26.1 Å². The maximum Gasteiger partial charge on any atom is 0.242 e. The fourth-order valence-electron chi connectivity index (χ4n) is 3.38. The molecule has 1 fully saturated rings. The third-order valence-electron chi connectivity index (χ3n) is 5.32. The van der Waals surface area contributed by atoms with Crippen LogP contribution in [0.5, 0.6) is 0 Å². The Hall–Kier alpha value is -2.42. The van der Waals surface area contributed by atoms with Crippen molar-refractivity contribution >= 4 is 46.7 Å². The van der Waals surface area contributed by atoms with Gasteiger partial charge in [0.15, 0.2) is 0 Å². The number of carbonyl (C=O) groups is 2. The maximum atomic E-state index is 12.3. The number of aryl methyl sites for hydroxylation is 1. The van der Waals surface area contributed by atoms with Crippen molar-refractivity contribution in [3.8, 4) is 0 Å². The Kier molecular flexibility index (Phi) is 12.1. The van der Waals surface area contributed by atoms with Crippen molar-refractivity contribution in [1.29, 1.82) is 0 Å². The summed E-state index contributed by atoms with van der Waals surface area (Å²) < 4.78 is 3.30. The average Bonchev–Trinajstić information content (AvgIpc) is 2.84. The first kappa shape index (κ1) is 27.8. The van der Waals surface area contributed by atoms with Gasteiger partial charge in [0.1, 0.15) is 0 Å². The number of hydrogen-bond donors (Lipinski definition) is 2. The number of anilines is 2. The largest absolute Gasteiger partial charge is 0.366 e. The fourth-order valence-corrected chi connectivity index (χ4v) is 3.89. The van der Waals surface area contributed by atoms with Gasteiger partial charge in [-0.05, 0) is 45.3 Å². The van der Waals surface area contributed by atoms with Crippen LogP contribution in [0.25, 0.3) is 0 Å². The number of amides is 2. The smallest absolute Gasteiger partial charge is 0.242 e. The molecule has 0 aromatic heterocycles. The number of nitrogens with one attached hydrogen (secondary N) is 2. The second-order valence-corrected chi connectivity index (χ2v) is 9.37. The topological polar surface area (TPSA) is 67.9 Å². The van der Waals surface area contributed by atoms with Crippen molar-refractivity contribution in [3.05, 3.63) is 59.1 Å². The van der Waals surface area contributed by atoms with E-state index in [1.54, 1.807) is 11.9 Å². The summed E-state index contributed by atoms with van der Waals surface area (Å²) in [4.78, 5) is 30.1. The summed E-state index contributed by atoms with van der Waals surface area (Å²) in [6, 6.07) is 16.0. The molecule has 0 aliphatic carbocycles. The van der Waals surface area contributed by atoms with Gasteiger partial charge in [0.25, 0.3) is 0 Å². The molecule has 0 spiro atoms. The van der Waals surface area contributed by atoms with Crippen LogP contribution in [0.1, 0.15) is 12.0 Å². The van der Waals surface area contributed by atoms with Gasteiger partial charge >= 0.3 is 0 Å². The number of benzene rings is 2. The van der Waals surface area contributed by atoms with Crippen molar-refractivity contribution in [1.82, 2.24) is 15.1 Å². The van der Waals surface area contributed by atoms with Gasteiger partial charge in [-0.3, -0.25) is 9.59 Å². The maximum absolute atomic E-state index is 12.3. The third kappa shape index (κ3) is 9.83. The summed E-state index contributed by atoms with van der Waals surface area (Å²) in [5.41, 5.74) is 3.49. The van der Waals surface area contributed by atoms with Crippen LogP contribution in [0.4, 0.5) is 11.4 Å². The molecule has 2 N–H and O–H groups in total. The Morgan fingerprint density at radius 2 is 1.68 bits per heavy atom. The molecule has 0 saturated carbocycles. The van der Waals surface area contributed by atoms with Crippen molar-refractivity contribution in [2.75, 3.05) is 69.2 Å². The van der Waals surface area contributed by atoms with Crippen LogP contribution in [-0.4, -0.2) is 81.2 Å². The third-order valence-corrected chi connectivity index (χ3v) is 6.00. The highest BCUT2D eigenvalue weighted by Gasteiger charge is 2.22. The van der Waals surface area contributed by atoms with E-state index in [4.69, 9.17) is 11.6 Å². The highest BCUT2D eigenvalue weighted by atomic mass is 35.5. The van der Waals surface area contributed by atoms with Crippen molar-refractivity contribution in [2.24, 2.45) is 0 Å². The zero-order valence-corrected chi connectivity index (χ0v) is 22.1. The molecule has 0 radical (unpaired) electrons. The quantitative estimate of drug-likeness (QED) is 0.533. The van der Waals surface area contributed by atoms with Gasteiger partial charge in [-0.25, -0.2) is 0 Å². The van der Waals surface area contributed by atoms with E-state index in [0.717, 1.165) is 29.5 Å². The lowest BCUT2D eigenvalue weighted by Crippen LogP contribution is -2.51. The van der Waals surface area contributed by atoms with Crippen molar-refractivity contribution in [2.45, 2.75) is 13.3 Å². The van der Waals surface area contributed by atoms with Crippen LogP contribution in [0.2, 0.25) is 5.02 Å². The van der Waals surface area contributed by atoms with Gasteiger partial charge < -0.3 is 24.7 Å². The number of carbonyl (C=O) groups excluding carboxylic acids is 2. The zero-order chi connectivity index (χ0) is 24.9. The van der Waals surface area contributed by atoms with Gasteiger partial charge in [-0.2, -0.15) is 0 Å². The molecule has 0 atom stereocenters. The van der Waals surface area contributed by atoms with Gasteiger partial charge in [-0.1, -0.05) is 53.4 Å². The van der Waals surface area contributed by atoms with Crippen LogP contribution in [-0.2, 0) is 9.59 Å². The molecular weight excluding hydrogens is 470 g/mol. The molecular formula is C25H36ClN5O2S. The fraction of sp³-hybridized carbons (Fsp3) is 0.440. The van der Waals surface area contributed by atoms with Crippen LogP contribution in [0.15, 0.2) is 48.5 Å². The van der Waals surface area contributed by atoms with Gasteiger partial charge in [0, 0.05) is 50.4 Å². The Labute approximate surface area is 212 Å². The first-order chi connectivity index (χ1) is 16.3. The number of rotatable bonds is 8. The molecule has 7 nitrogen and oxygen atoms in total. The number of hydrogen-bond acceptors (Lipinski definition) is 6. The lowest BCUT2D eigenvalue weighted by Gasteiger charge is -2.37. The highest BCUT2D eigenvalue weighted by Crippen LogP contribution is 2.28. The number of para-hydroxylation sites is 2. The van der Waals surface area contributed by atoms with Gasteiger partial charge in [-0.15, -0.1) is 0 Å². The summed E-state index contributed by atoms with van der Waals surface area (Å²) in [6.45, 7) is 5.70. The molecule has 0 bridgehead atoms. The Bertz CT molecular complexity index is 881. The second kappa shape index (κ2) is 14.8. The Balaban J connectivity index is 0.000000430. The van der Waals surface area contributed by atoms with E-state index in [-0.39, 0.29) is 18.4 Å². The summed E-state index contributed by atoms with van der Waals surface area (Å²) in [7, 11) is 3.84. The monoisotopic (exact) mass is 505 g/mol. The van der Waals surface area contributed by atoms with E-state index >= 15 is 0 Å². The minimum atomic E-state index is -0.0808. The SMILES string of the molecule is CSNc1ccccc1N1CCN(C(=O)CNC(=O)CCN(C)C)CC1.Cc1ccc(Cl)cc1. The summed E-state index contributed by atoms with van der Waals surface area (Å²) in [5, 5.41) is 3.52. The van der Waals surface area contributed by atoms with Crippen LogP contribution in [0, 0.1) is 6.92 Å². The van der Waals surface area contributed by atoms with E-state index in [1.807, 2.05) is 73.5 Å². The van der Waals surface area contributed by atoms with Crippen molar-refractivity contribution in [3.63, 3.8) is 0 Å². The molecule has 1 heterocycles. The first-order valence-electron chi connectivity index (χ1n) is 11.3. The molecule has 1 aliphatic rings. The normalized spacial score (nSPS) is 13.2. The Morgan fingerprint density at radius 3 is 2.26 bits per heavy atom. The predicted molar refractivity (Wildman–Crippen MR) is 145 cm³/mol. The molecule has 2 aromatic carbocycles. The van der Waals surface area contributed by atoms with E-state index in [2.05, 4.69) is 27.1 Å². The Morgan fingerprint density at radius 1 is 1.03 bits per heavy atom. The molecule has 1 saturated heterocycles. The average molecular weight is 506 g/mol. The molecule has 2 aromatic rings. The number of nitrogens with zero attached hydrogens (tertiary/aromatic N) is 3. The van der Waals surface area contributed by atoms with E-state index in [9.17, 15) is 9.59 Å². The summed E-state index contributed by atoms with van der Waals surface area (Å²) in [5.74, 6) is -0.0962. The minimum absolute atomic E-state index is 0.0154. The molecule has 1 aliphatic heterocycles. The van der Waals surface area contributed by atoms with Gasteiger partial charge in [0.05, 0.1) is 17.9 Å². The molecule has 9 heteroatoms. The molecule has 34 heavy (non-hydrogen) atoms. The second-order valence-electron chi connectivity index (χ2n) is 8.32. The van der Waals surface area contributed by atoms with Crippen LogP contribution in [0.3, 0.4) is 0 Å². The number of halogens is 1. The minimum Gasteiger partial charge on any atom is -0.366 e. The van der Waals surface area contributed by atoms with Crippen LogP contribution >= 0.6 is 23.5 Å². The molecule has 0 unspecified atom stereocenters. The predicted octanol–water partition coefficient (Wildman–Crippen LogP) is 3.74. The van der Waals surface area contributed by atoms with E-state index in [1.165, 1.54) is 5.56 Å².